The molecule has 2 aromatic carbocycles. The molecule has 3 rings (SSSR count). The van der Waals surface area contributed by atoms with E-state index in [0.717, 1.165) is 0 Å². The Hall–Kier alpha value is -2.48. The maximum Gasteiger partial charge on any atom is 0.184 e. The number of rotatable bonds is 5. The van der Waals surface area contributed by atoms with Crippen molar-refractivity contribution < 1.29 is 19.7 Å². The molecule has 4 N–H and O–H groups in total. The van der Waals surface area contributed by atoms with Crippen LogP contribution >= 0.6 is 11.6 Å². The average molecular weight is 364 g/mol. The monoisotopic (exact) mass is 363 g/mol. The molecule has 1 heterocycles. The Labute approximate surface area is 147 Å². The van der Waals surface area contributed by atoms with Crippen molar-refractivity contribution in [3.63, 3.8) is 0 Å². The van der Waals surface area contributed by atoms with Crippen LogP contribution in [0.3, 0.4) is 0 Å². The molecule has 0 saturated heterocycles. The predicted octanol–water partition coefficient (Wildman–Crippen LogP) is 2.56. The Morgan fingerprint density at radius 3 is 2.56 bits per heavy atom. The number of phenolic OH excluding ortho intramolecular Hbond substituents is 1. The minimum absolute atomic E-state index is 0.0926. The highest BCUT2D eigenvalue weighted by Gasteiger charge is 2.18. The number of aromatic nitrogens is 2. The zero-order valence-corrected chi connectivity index (χ0v) is 13.7. The molecule has 0 spiro atoms. The number of phenols is 1. The van der Waals surface area contributed by atoms with Crippen molar-refractivity contribution >= 4 is 28.2 Å². The first-order chi connectivity index (χ1) is 12.0. The van der Waals surface area contributed by atoms with Crippen molar-refractivity contribution in [3.8, 4) is 17.0 Å². The number of fused-ring (bicyclic) bond motifs is 1. The molecule has 1 aromatic heterocycles. The van der Waals surface area contributed by atoms with Crippen LogP contribution in [0.2, 0.25) is 5.02 Å². The van der Waals surface area contributed by atoms with E-state index in [4.69, 9.17) is 16.7 Å². The molecule has 0 aliphatic rings. The van der Waals surface area contributed by atoms with Crippen LogP contribution in [0.15, 0.2) is 36.4 Å². The quantitative estimate of drug-likeness (QED) is 0.556. The second-order valence-electron chi connectivity index (χ2n) is 5.42. The third kappa shape index (κ3) is 3.34. The summed E-state index contributed by atoms with van der Waals surface area (Å²) in [7, 11) is 0. The number of hydrogen-bond acceptors (Lipinski definition) is 6. The molecule has 0 aliphatic carbocycles. The van der Waals surface area contributed by atoms with Crippen LogP contribution in [0.1, 0.15) is 0 Å². The first-order valence-electron chi connectivity index (χ1n) is 7.48. The van der Waals surface area contributed by atoms with Gasteiger partial charge in [0.1, 0.15) is 5.69 Å². The summed E-state index contributed by atoms with van der Waals surface area (Å²) in [5, 5.41) is 40.6. The van der Waals surface area contributed by atoms with Gasteiger partial charge >= 0.3 is 0 Å². The highest BCUT2D eigenvalue weighted by atomic mass is 35.5. The molecular weight excluding hydrogens is 349 g/mol. The van der Waals surface area contributed by atoms with Gasteiger partial charge in [0, 0.05) is 22.9 Å². The SMILES string of the molecule is OC[C@H](O)CNc1nnc(-c2ccc(Cl)c(F)c2O)c2ccccc12. The molecule has 25 heavy (non-hydrogen) atoms. The van der Waals surface area contributed by atoms with Gasteiger partial charge in [-0.3, -0.25) is 0 Å². The van der Waals surface area contributed by atoms with E-state index in [0.29, 0.717) is 22.3 Å². The summed E-state index contributed by atoms with van der Waals surface area (Å²) in [6, 6.07) is 9.93. The first-order valence-corrected chi connectivity index (χ1v) is 7.86. The lowest BCUT2D eigenvalue weighted by Gasteiger charge is -2.13. The Morgan fingerprint density at radius 2 is 1.84 bits per heavy atom. The molecule has 130 valence electrons. The highest BCUT2D eigenvalue weighted by Crippen LogP contribution is 2.37. The molecule has 0 unspecified atom stereocenters. The number of halogens is 2. The second-order valence-corrected chi connectivity index (χ2v) is 5.82. The highest BCUT2D eigenvalue weighted by molar-refractivity contribution is 6.31. The van der Waals surface area contributed by atoms with E-state index in [-0.39, 0.29) is 23.7 Å². The topological polar surface area (TPSA) is 98.5 Å². The lowest BCUT2D eigenvalue weighted by molar-refractivity contribution is 0.105. The van der Waals surface area contributed by atoms with Crippen molar-refractivity contribution in [3.05, 3.63) is 47.2 Å². The van der Waals surface area contributed by atoms with Crippen LogP contribution in [0.4, 0.5) is 10.2 Å². The molecule has 0 fully saturated rings. The summed E-state index contributed by atoms with van der Waals surface area (Å²) in [5.74, 6) is -1.11. The minimum Gasteiger partial charge on any atom is -0.504 e. The van der Waals surface area contributed by atoms with Gasteiger partial charge < -0.3 is 20.6 Å². The average Bonchev–Trinajstić information content (AvgIpc) is 2.64. The fourth-order valence-corrected chi connectivity index (χ4v) is 2.60. The zero-order chi connectivity index (χ0) is 18.0. The Balaban J connectivity index is 2.11. The summed E-state index contributed by atoms with van der Waals surface area (Å²) < 4.78 is 13.9. The third-order valence-electron chi connectivity index (χ3n) is 3.73. The van der Waals surface area contributed by atoms with E-state index in [1.165, 1.54) is 12.1 Å². The van der Waals surface area contributed by atoms with Gasteiger partial charge in [0.05, 0.1) is 17.7 Å². The van der Waals surface area contributed by atoms with Crippen molar-refractivity contribution in [2.45, 2.75) is 6.10 Å². The molecule has 1 atom stereocenters. The summed E-state index contributed by atoms with van der Waals surface area (Å²) >= 11 is 5.68. The maximum atomic E-state index is 13.9. The van der Waals surface area contributed by atoms with Crippen LogP contribution in [-0.4, -0.2) is 44.8 Å². The van der Waals surface area contributed by atoms with Gasteiger partial charge in [-0.15, -0.1) is 10.2 Å². The van der Waals surface area contributed by atoms with Gasteiger partial charge in [-0.05, 0) is 12.1 Å². The standard InChI is InChI=1S/C17H15ClFN3O3/c18-13-6-5-12(16(25)14(13)19)15-10-3-1-2-4-11(10)17(22-21-15)20-7-9(24)8-23/h1-6,9,23-25H,7-8H2,(H,20,22)/t9-/m1/s1. The number of nitrogens with zero attached hydrogens (tertiary/aromatic N) is 2. The van der Waals surface area contributed by atoms with Crippen molar-refractivity contribution in [1.29, 1.82) is 0 Å². The first kappa shape index (κ1) is 17.3. The smallest absolute Gasteiger partial charge is 0.184 e. The van der Waals surface area contributed by atoms with Gasteiger partial charge in [0.15, 0.2) is 17.4 Å². The Morgan fingerprint density at radius 1 is 1.12 bits per heavy atom. The summed E-state index contributed by atoms with van der Waals surface area (Å²) in [4.78, 5) is 0. The van der Waals surface area contributed by atoms with Crippen molar-refractivity contribution in [2.75, 3.05) is 18.5 Å². The molecule has 0 bridgehead atoms. The van der Waals surface area contributed by atoms with Gasteiger partial charge in [0.2, 0.25) is 0 Å². The Bertz CT molecular complexity index is 923. The van der Waals surface area contributed by atoms with Gasteiger partial charge in [-0.1, -0.05) is 35.9 Å². The van der Waals surface area contributed by atoms with E-state index in [1.807, 2.05) is 0 Å². The van der Waals surface area contributed by atoms with Gasteiger partial charge in [0.25, 0.3) is 0 Å². The molecule has 0 radical (unpaired) electrons. The van der Waals surface area contributed by atoms with E-state index >= 15 is 0 Å². The molecule has 0 amide bonds. The third-order valence-corrected chi connectivity index (χ3v) is 4.02. The van der Waals surface area contributed by atoms with Crippen LogP contribution in [0.25, 0.3) is 22.0 Å². The lowest BCUT2D eigenvalue weighted by atomic mass is 10.0. The largest absolute Gasteiger partial charge is 0.504 e. The lowest BCUT2D eigenvalue weighted by Crippen LogP contribution is -2.23. The van der Waals surface area contributed by atoms with E-state index < -0.39 is 17.7 Å². The number of aliphatic hydroxyl groups is 2. The summed E-state index contributed by atoms with van der Waals surface area (Å²) in [6.07, 6.45) is -0.936. The zero-order valence-electron chi connectivity index (χ0n) is 12.9. The van der Waals surface area contributed by atoms with Crippen molar-refractivity contribution in [2.24, 2.45) is 0 Å². The van der Waals surface area contributed by atoms with Crippen LogP contribution in [-0.2, 0) is 0 Å². The molecular formula is C17H15ClFN3O3. The molecule has 3 aromatic rings. The second kappa shape index (κ2) is 7.18. The van der Waals surface area contributed by atoms with Crippen LogP contribution in [0, 0.1) is 5.82 Å². The maximum absolute atomic E-state index is 13.9. The van der Waals surface area contributed by atoms with E-state index in [1.54, 1.807) is 24.3 Å². The molecule has 6 nitrogen and oxygen atoms in total. The molecule has 8 heteroatoms. The normalized spacial score (nSPS) is 12.3. The van der Waals surface area contributed by atoms with Gasteiger partial charge in [-0.25, -0.2) is 4.39 Å². The molecule has 0 aliphatic heterocycles. The number of hydrogen-bond donors (Lipinski definition) is 4. The number of nitrogens with one attached hydrogen (secondary N) is 1. The van der Waals surface area contributed by atoms with E-state index in [2.05, 4.69) is 15.5 Å². The summed E-state index contributed by atoms with van der Waals surface area (Å²) in [6.45, 7) is -0.288. The number of anilines is 1. The van der Waals surface area contributed by atoms with Crippen LogP contribution in [0.5, 0.6) is 5.75 Å². The van der Waals surface area contributed by atoms with E-state index in [9.17, 15) is 14.6 Å². The number of benzene rings is 2. The Kier molecular flexibility index (Phi) is 4.98. The molecule has 0 saturated carbocycles. The summed E-state index contributed by atoms with van der Waals surface area (Å²) in [5.41, 5.74) is 0.476. The van der Waals surface area contributed by atoms with Crippen molar-refractivity contribution in [1.82, 2.24) is 10.2 Å². The number of aliphatic hydroxyl groups excluding tert-OH is 2. The fourth-order valence-electron chi connectivity index (χ4n) is 2.44. The number of aromatic hydroxyl groups is 1. The van der Waals surface area contributed by atoms with Gasteiger partial charge in [-0.2, -0.15) is 0 Å². The van der Waals surface area contributed by atoms with Crippen LogP contribution < -0.4 is 5.32 Å². The fraction of sp³-hybridized carbons (Fsp3) is 0.176. The predicted molar refractivity (Wildman–Crippen MR) is 93.2 cm³/mol. The minimum atomic E-state index is -0.936.